The lowest BCUT2D eigenvalue weighted by Gasteiger charge is -2.16. The number of carbonyl (C=O) groups is 1. The third-order valence-electron chi connectivity index (χ3n) is 0.943. The quantitative estimate of drug-likeness (QED) is 0.800. The monoisotopic (exact) mass is 273 g/mol. The molecule has 1 amide bonds. The molecule has 0 aliphatic rings. The zero-order valence-electron chi connectivity index (χ0n) is 5.56. The number of hydrogen-bond donors (Lipinski definition) is 1. The Labute approximate surface area is 76.5 Å². The molecule has 0 heterocycles. The van der Waals surface area contributed by atoms with E-state index in [1.54, 1.807) is 0 Å². The maximum Gasteiger partial charge on any atom is 0.404 e. The highest BCUT2D eigenvalue weighted by molar-refractivity contribution is 9.25. The van der Waals surface area contributed by atoms with Gasteiger partial charge < -0.3 is 10.5 Å². The molecule has 0 aromatic carbocycles. The third kappa shape index (κ3) is 5.05. The highest BCUT2D eigenvalue weighted by Gasteiger charge is 2.21. The van der Waals surface area contributed by atoms with Gasteiger partial charge in [-0.1, -0.05) is 38.8 Å². The number of amides is 1. The predicted octanol–water partition coefficient (Wildman–Crippen LogP) is 1.98. The molecule has 0 aliphatic heterocycles. The number of carbonyl (C=O) groups excluding carboxylic acids is 1. The van der Waals surface area contributed by atoms with Crippen molar-refractivity contribution in [3.8, 4) is 0 Å². The molecule has 3 nitrogen and oxygen atoms in total. The summed E-state index contributed by atoms with van der Waals surface area (Å²) < 4.78 is 4.22. The SMILES string of the molecule is CCC(Br)(Br)COC(N)=O. The molecule has 5 heteroatoms. The fourth-order valence-corrected chi connectivity index (χ4v) is 0.508. The molecule has 2 N–H and O–H groups in total. The lowest BCUT2D eigenvalue weighted by Crippen LogP contribution is -2.24. The average molecular weight is 275 g/mol. The van der Waals surface area contributed by atoms with E-state index in [2.05, 4.69) is 36.6 Å². The van der Waals surface area contributed by atoms with Gasteiger partial charge in [-0.05, 0) is 6.42 Å². The Morgan fingerprint density at radius 3 is 2.50 bits per heavy atom. The van der Waals surface area contributed by atoms with Crippen LogP contribution < -0.4 is 5.73 Å². The molecule has 0 aromatic rings. The molecule has 0 spiro atoms. The van der Waals surface area contributed by atoms with Crippen LogP contribution in [0.2, 0.25) is 0 Å². The number of nitrogens with two attached hydrogens (primary N) is 1. The predicted molar refractivity (Wildman–Crippen MR) is 46.4 cm³/mol. The normalized spacial score (nSPS) is 11.1. The number of primary amides is 1. The maximum absolute atomic E-state index is 10.1. The van der Waals surface area contributed by atoms with Gasteiger partial charge in [0.2, 0.25) is 0 Å². The van der Waals surface area contributed by atoms with Crippen LogP contribution in [-0.2, 0) is 4.74 Å². The van der Waals surface area contributed by atoms with Crippen LogP contribution in [0.3, 0.4) is 0 Å². The van der Waals surface area contributed by atoms with Crippen molar-refractivity contribution < 1.29 is 9.53 Å². The third-order valence-corrected chi connectivity index (χ3v) is 2.52. The van der Waals surface area contributed by atoms with Gasteiger partial charge in [-0.25, -0.2) is 4.79 Å². The van der Waals surface area contributed by atoms with Crippen molar-refractivity contribution in [2.45, 2.75) is 16.6 Å². The van der Waals surface area contributed by atoms with Crippen LogP contribution in [0.4, 0.5) is 4.79 Å². The van der Waals surface area contributed by atoms with Crippen molar-refractivity contribution >= 4 is 38.0 Å². The van der Waals surface area contributed by atoms with Crippen LogP contribution in [-0.4, -0.2) is 15.9 Å². The van der Waals surface area contributed by atoms with E-state index in [0.29, 0.717) is 0 Å². The Morgan fingerprint density at radius 1 is 1.70 bits per heavy atom. The van der Waals surface area contributed by atoms with Crippen LogP contribution in [0.15, 0.2) is 0 Å². The van der Waals surface area contributed by atoms with Crippen molar-refractivity contribution in [1.29, 1.82) is 0 Å². The van der Waals surface area contributed by atoms with Gasteiger partial charge in [0, 0.05) is 0 Å². The first-order valence-corrected chi connectivity index (χ1v) is 4.36. The number of rotatable bonds is 3. The number of hydrogen-bond acceptors (Lipinski definition) is 2. The molecule has 0 fully saturated rings. The fourth-order valence-electron chi connectivity index (χ4n) is 0.279. The first-order chi connectivity index (χ1) is 4.48. The average Bonchev–Trinajstić information content (AvgIpc) is 1.85. The standard InChI is InChI=1S/C5H9Br2NO2/c1-2-5(6,7)3-10-4(8)9/h2-3H2,1H3,(H2,8,9). The highest BCUT2D eigenvalue weighted by atomic mass is 79.9. The van der Waals surface area contributed by atoms with E-state index in [-0.39, 0.29) is 9.84 Å². The van der Waals surface area contributed by atoms with Crippen LogP contribution in [0.5, 0.6) is 0 Å². The summed E-state index contributed by atoms with van der Waals surface area (Å²) in [6.45, 7) is 2.19. The molecule has 0 bridgehead atoms. The number of halogens is 2. The minimum absolute atomic E-state index is 0.235. The summed E-state index contributed by atoms with van der Waals surface area (Å²) in [5.74, 6) is 0. The largest absolute Gasteiger partial charge is 0.447 e. The van der Waals surface area contributed by atoms with Gasteiger partial charge in [0.25, 0.3) is 0 Å². The second-order valence-corrected chi connectivity index (χ2v) is 5.92. The highest BCUT2D eigenvalue weighted by Crippen LogP contribution is 2.29. The van der Waals surface area contributed by atoms with Crippen molar-refractivity contribution in [3.63, 3.8) is 0 Å². The van der Waals surface area contributed by atoms with Crippen molar-refractivity contribution in [3.05, 3.63) is 0 Å². The summed E-state index contributed by atoms with van der Waals surface area (Å²) in [6.07, 6.45) is 0.0528. The Kier molecular flexibility index (Phi) is 4.28. The Bertz CT molecular complexity index is 127. The maximum atomic E-state index is 10.1. The Hall–Kier alpha value is 0.230. The van der Waals surface area contributed by atoms with E-state index in [1.807, 2.05) is 6.92 Å². The molecular weight excluding hydrogens is 266 g/mol. The fraction of sp³-hybridized carbons (Fsp3) is 0.800. The van der Waals surface area contributed by atoms with Gasteiger partial charge in [-0.15, -0.1) is 0 Å². The first-order valence-electron chi connectivity index (χ1n) is 2.78. The molecule has 0 atom stereocenters. The summed E-state index contributed by atoms with van der Waals surface area (Å²) in [4.78, 5) is 10.1. The van der Waals surface area contributed by atoms with Gasteiger partial charge in [-0.3, -0.25) is 0 Å². The van der Waals surface area contributed by atoms with Crippen LogP contribution in [0.1, 0.15) is 13.3 Å². The molecule has 0 radical (unpaired) electrons. The zero-order chi connectivity index (χ0) is 8.20. The van der Waals surface area contributed by atoms with Crippen molar-refractivity contribution in [1.82, 2.24) is 0 Å². The zero-order valence-corrected chi connectivity index (χ0v) is 8.74. The Balaban J connectivity index is 3.56. The van der Waals surface area contributed by atoms with E-state index in [0.717, 1.165) is 6.42 Å². The van der Waals surface area contributed by atoms with E-state index in [4.69, 9.17) is 5.73 Å². The summed E-state index contributed by atoms with van der Waals surface area (Å²) >= 11 is 6.59. The van der Waals surface area contributed by atoms with Crippen LogP contribution in [0, 0.1) is 0 Å². The molecule has 10 heavy (non-hydrogen) atoms. The van der Waals surface area contributed by atoms with Crippen molar-refractivity contribution in [2.24, 2.45) is 5.73 Å². The van der Waals surface area contributed by atoms with Gasteiger partial charge >= 0.3 is 6.09 Å². The topological polar surface area (TPSA) is 52.3 Å². The Morgan fingerprint density at radius 2 is 2.20 bits per heavy atom. The van der Waals surface area contributed by atoms with E-state index in [9.17, 15) is 4.79 Å². The van der Waals surface area contributed by atoms with E-state index >= 15 is 0 Å². The van der Waals surface area contributed by atoms with Gasteiger partial charge in [0.05, 0.1) is 0 Å². The molecule has 0 saturated carbocycles. The first kappa shape index (κ1) is 10.2. The molecule has 0 aromatic heterocycles. The van der Waals surface area contributed by atoms with Gasteiger partial charge in [0.1, 0.15) is 9.84 Å². The van der Waals surface area contributed by atoms with Gasteiger partial charge in [-0.2, -0.15) is 0 Å². The molecular formula is C5H9Br2NO2. The molecule has 0 rings (SSSR count). The van der Waals surface area contributed by atoms with E-state index in [1.165, 1.54) is 0 Å². The minimum Gasteiger partial charge on any atom is -0.447 e. The minimum atomic E-state index is -0.753. The van der Waals surface area contributed by atoms with Crippen LogP contribution in [0.25, 0.3) is 0 Å². The van der Waals surface area contributed by atoms with Gasteiger partial charge in [0.15, 0.2) is 0 Å². The van der Waals surface area contributed by atoms with Crippen molar-refractivity contribution in [2.75, 3.05) is 6.61 Å². The second kappa shape index (κ2) is 4.18. The summed E-state index contributed by atoms with van der Waals surface area (Å²) in [7, 11) is 0. The smallest absolute Gasteiger partial charge is 0.404 e. The number of alkyl halides is 2. The van der Waals surface area contributed by atoms with Crippen LogP contribution >= 0.6 is 31.9 Å². The lowest BCUT2D eigenvalue weighted by atomic mass is 10.4. The summed E-state index contributed by atoms with van der Waals surface area (Å²) in [5, 5.41) is 0. The molecule has 0 saturated heterocycles. The summed E-state index contributed by atoms with van der Waals surface area (Å²) in [5.41, 5.74) is 4.75. The second-order valence-electron chi connectivity index (χ2n) is 1.82. The molecule has 0 unspecified atom stereocenters. The lowest BCUT2D eigenvalue weighted by molar-refractivity contribution is 0.155. The molecule has 0 aliphatic carbocycles. The van der Waals surface area contributed by atoms with E-state index < -0.39 is 6.09 Å². The molecule has 60 valence electrons. The summed E-state index contributed by atoms with van der Waals surface area (Å²) in [6, 6.07) is 0. The number of ether oxygens (including phenoxy) is 1.